The zero-order chi connectivity index (χ0) is 10.3. The van der Waals surface area contributed by atoms with Gasteiger partial charge >= 0.3 is 0 Å². The Balaban J connectivity index is 1.99. The van der Waals surface area contributed by atoms with Gasteiger partial charge in [-0.3, -0.25) is 0 Å². The summed E-state index contributed by atoms with van der Waals surface area (Å²) in [5.74, 6) is 1.19. The molecule has 82 valence electrons. The monoisotopic (exact) mass is 206 g/mol. The molecular weight excluding hydrogens is 188 g/mol. The van der Waals surface area contributed by atoms with E-state index < -0.39 is 0 Å². The number of hydrogen-bond acceptors (Lipinski definition) is 3. The van der Waals surface area contributed by atoms with E-state index in [1.54, 1.807) is 0 Å². The number of piperidine rings is 1. The minimum atomic E-state index is 0.101. The van der Waals surface area contributed by atoms with Crippen LogP contribution >= 0.6 is 0 Å². The molecule has 2 aliphatic heterocycles. The molecule has 0 aromatic carbocycles. The molecule has 3 rings (SSSR count). The fourth-order valence-electron chi connectivity index (χ4n) is 3.07. The van der Waals surface area contributed by atoms with Crippen molar-refractivity contribution in [1.29, 1.82) is 0 Å². The Hall–Kier alpha value is -0.800. The van der Waals surface area contributed by atoms with Gasteiger partial charge in [-0.25, -0.2) is 0 Å². The first-order valence-electron chi connectivity index (χ1n) is 5.81. The summed E-state index contributed by atoms with van der Waals surface area (Å²) in [5, 5.41) is 3.67. The number of nitrogens with zero attached hydrogens (tertiary/aromatic N) is 1. The van der Waals surface area contributed by atoms with E-state index in [1.807, 2.05) is 6.26 Å². The molecule has 1 aromatic rings. The van der Waals surface area contributed by atoms with Crippen molar-refractivity contribution in [1.82, 2.24) is 10.2 Å². The summed E-state index contributed by atoms with van der Waals surface area (Å²) in [5.41, 5.74) is 1.51. The molecule has 15 heavy (non-hydrogen) atoms. The normalized spacial score (nSPS) is 31.8. The molecule has 1 atom stereocenters. The highest BCUT2D eigenvalue weighted by atomic mass is 16.3. The van der Waals surface area contributed by atoms with Gasteiger partial charge in [0.1, 0.15) is 5.76 Å². The third kappa shape index (κ3) is 1.42. The molecule has 0 amide bonds. The second-order valence-electron chi connectivity index (χ2n) is 4.88. The molecule has 1 saturated heterocycles. The smallest absolute Gasteiger partial charge is 0.128 e. The van der Waals surface area contributed by atoms with Crippen LogP contribution < -0.4 is 5.32 Å². The van der Waals surface area contributed by atoms with E-state index in [1.165, 1.54) is 30.7 Å². The fourth-order valence-corrected chi connectivity index (χ4v) is 3.07. The van der Waals surface area contributed by atoms with E-state index in [0.717, 1.165) is 19.5 Å². The van der Waals surface area contributed by atoms with E-state index in [-0.39, 0.29) is 5.54 Å². The van der Waals surface area contributed by atoms with Crippen molar-refractivity contribution < 1.29 is 4.42 Å². The number of hydrogen-bond donors (Lipinski definition) is 1. The van der Waals surface area contributed by atoms with Gasteiger partial charge in [-0.05, 0) is 44.5 Å². The predicted molar refractivity (Wildman–Crippen MR) is 58.8 cm³/mol. The molecule has 1 N–H and O–H groups in total. The second-order valence-corrected chi connectivity index (χ2v) is 4.88. The molecule has 1 aromatic heterocycles. The zero-order valence-corrected chi connectivity index (χ0v) is 9.25. The van der Waals surface area contributed by atoms with Crippen LogP contribution in [0.4, 0.5) is 0 Å². The number of likely N-dealkylation sites (tertiary alicyclic amines) is 1. The van der Waals surface area contributed by atoms with Gasteiger partial charge in [-0.1, -0.05) is 0 Å². The van der Waals surface area contributed by atoms with Crippen molar-refractivity contribution in [2.45, 2.75) is 24.8 Å². The van der Waals surface area contributed by atoms with Gasteiger partial charge in [-0.15, -0.1) is 0 Å². The predicted octanol–water partition coefficient (Wildman–Crippen LogP) is 1.35. The first-order valence-corrected chi connectivity index (χ1v) is 5.81. The minimum absolute atomic E-state index is 0.101. The fraction of sp³-hybridized carbons (Fsp3) is 0.667. The third-order valence-corrected chi connectivity index (χ3v) is 3.72. The standard InChI is InChI=1S/C12H18N2O/c1-14-7-2-5-12(9-14)11-10(3-6-13-12)4-8-15-11/h4,8,13H,2-3,5-7,9H2,1H3. The summed E-state index contributed by atoms with van der Waals surface area (Å²) < 4.78 is 5.71. The summed E-state index contributed by atoms with van der Waals surface area (Å²) in [7, 11) is 2.19. The molecule has 1 spiro atoms. The van der Waals surface area contributed by atoms with Crippen molar-refractivity contribution in [3.63, 3.8) is 0 Å². The molecule has 0 saturated carbocycles. The van der Waals surface area contributed by atoms with Crippen LogP contribution in [-0.2, 0) is 12.0 Å². The van der Waals surface area contributed by atoms with E-state index in [2.05, 4.69) is 23.3 Å². The topological polar surface area (TPSA) is 28.4 Å². The molecule has 3 heterocycles. The molecule has 3 heteroatoms. The van der Waals surface area contributed by atoms with Gasteiger partial charge in [0, 0.05) is 13.1 Å². The molecular formula is C12H18N2O. The molecule has 3 nitrogen and oxygen atoms in total. The Morgan fingerprint density at radius 3 is 3.33 bits per heavy atom. The highest BCUT2D eigenvalue weighted by Gasteiger charge is 2.41. The zero-order valence-electron chi connectivity index (χ0n) is 9.25. The number of likely N-dealkylation sites (N-methyl/N-ethyl adjacent to an activating group) is 1. The van der Waals surface area contributed by atoms with Crippen LogP contribution in [0.25, 0.3) is 0 Å². The van der Waals surface area contributed by atoms with Gasteiger partial charge < -0.3 is 14.6 Å². The summed E-state index contributed by atoms with van der Waals surface area (Å²) in [6.45, 7) is 3.37. The first-order chi connectivity index (χ1) is 7.30. The van der Waals surface area contributed by atoms with Crippen molar-refractivity contribution in [3.05, 3.63) is 23.7 Å². The Bertz CT molecular complexity index is 360. The highest BCUT2D eigenvalue weighted by molar-refractivity contribution is 5.29. The summed E-state index contributed by atoms with van der Waals surface area (Å²) in [6, 6.07) is 2.13. The quantitative estimate of drug-likeness (QED) is 0.694. The molecule has 1 fully saturated rings. The van der Waals surface area contributed by atoms with Gasteiger partial charge in [0.05, 0.1) is 11.8 Å². The van der Waals surface area contributed by atoms with Gasteiger partial charge in [-0.2, -0.15) is 0 Å². The van der Waals surface area contributed by atoms with E-state index in [4.69, 9.17) is 4.42 Å². The SMILES string of the molecule is CN1CCCC2(C1)NCCc1ccoc12. The van der Waals surface area contributed by atoms with Gasteiger partial charge in [0.15, 0.2) is 0 Å². The summed E-state index contributed by atoms with van der Waals surface area (Å²) in [6.07, 6.45) is 5.41. The van der Waals surface area contributed by atoms with Crippen molar-refractivity contribution >= 4 is 0 Å². The van der Waals surface area contributed by atoms with Crippen LogP contribution in [-0.4, -0.2) is 31.6 Å². The van der Waals surface area contributed by atoms with Crippen molar-refractivity contribution in [3.8, 4) is 0 Å². The lowest BCUT2D eigenvalue weighted by atomic mass is 9.82. The third-order valence-electron chi connectivity index (χ3n) is 3.72. The number of nitrogens with one attached hydrogen (secondary N) is 1. The number of rotatable bonds is 0. The van der Waals surface area contributed by atoms with Crippen LogP contribution in [0, 0.1) is 0 Å². The van der Waals surface area contributed by atoms with Crippen molar-refractivity contribution in [2.75, 3.05) is 26.7 Å². The van der Waals surface area contributed by atoms with E-state index >= 15 is 0 Å². The Morgan fingerprint density at radius 2 is 2.47 bits per heavy atom. The minimum Gasteiger partial charge on any atom is -0.467 e. The number of fused-ring (bicyclic) bond motifs is 2. The summed E-state index contributed by atoms with van der Waals surface area (Å²) >= 11 is 0. The Morgan fingerprint density at radius 1 is 1.53 bits per heavy atom. The Labute approximate surface area is 90.4 Å². The molecule has 0 radical (unpaired) electrons. The molecule has 1 unspecified atom stereocenters. The lowest BCUT2D eigenvalue weighted by Crippen LogP contribution is -2.56. The molecule has 0 bridgehead atoms. The maximum Gasteiger partial charge on any atom is 0.128 e. The number of furan rings is 1. The second kappa shape index (κ2) is 3.35. The van der Waals surface area contributed by atoms with Crippen LogP contribution in [0.2, 0.25) is 0 Å². The van der Waals surface area contributed by atoms with E-state index in [9.17, 15) is 0 Å². The maximum absolute atomic E-state index is 5.71. The van der Waals surface area contributed by atoms with Crippen LogP contribution in [0.15, 0.2) is 16.7 Å². The van der Waals surface area contributed by atoms with Crippen LogP contribution in [0.5, 0.6) is 0 Å². The van der Waals surface area contributed by atoms with Gasteiger partial charge in [0.25, 0.3) is 0 Å². The van der Waals surface area contributed by atoms with Crippen LogP contribution in [0.1, 0.15) is 24.2 Å². The lowest BCUT2D eigenvalue weighted by molar-refractivity contribution is 0.115. The van der Waals surface area contributed by atoms with Crippen molar-refractivity contribution in [2.24, 2.45) is 0 Å². The lowest BCUT2D eigenvalue weighted by Gasteiger charge is -2.43. The average Bonchev–Trinajstić information content (AvgIpc) is 2.67. The van der Waals surface area contributed by atoms with Gasteiger partial charge in [0.2, 0.25) is 0 Å². The molecule has 0 aliphatic carbocycles. The average molecular weight is 206 g/mol. The first kappa shape index (κ1) is 9.43. The summed E-state index contributed by atoms with van der Waals surface area (Å²) in [4.78, 5) is 2.40. The Kier molecular flexibility index (Phi) is 2.11. The highest BCUT2D eigenvalue weighted by Crippen LogP contribution is 2.36. The molecule has 2 aliphatic rings. The maximum atomic E-state index is 5.71. The largest absolute Gasteiger partial charge is 0.467 e. The van der Waals surface area contributed by atoms with Crippen LogP contribution in [0.3, 0.4) is 0 Å². The van der Waals surface area contributed by atoms with E-state index in [0.29, 0.717) is 0 Å².